The Hall–Kier alpha value is -4.18. The summed E-state index contributed by atoms with van der Waals surface area (Å²) in [6, 6.07) is 37.7. The molecule has 0 amide bonds. The van der Waals surface area contributed by atoms with Crippen LogP contribution in [0.3, 0.4) is 0 Å². The number of anilines is 1. The van der Waals surface area contributed by atoms with E-state index in [1.807, 2.05) is 48.2 Å². The first-order valence-corrected chi connectivity index (χ1v) is 23.2. The summed E-state index contributed by atoms with van der Waals surface area (Å²) >= 11 is 1.88. The molecule has 1 aromatic heterocycles. The molecule has 2 aliphatic carbocycles. The number of aromatic nitrogens is 3. The second-order valence-electron chi connectivity index (χ2n) is 17.6. The number of hydrogen-bond donors (Lipinski definition) is 1. The Morgan fingerprint density at radius 3 is 2.14 bits per heavy atom. The van der Waals surface area contributed by atoms with Crippen LogP contribution < -0.4 is 20.9 Å². The molecule has 4 aromatic carbocycles. The fourth-order valence-corrected chi connectivity index (χ4v) is 16.0. The molecule has 1 saturated carbocycles. The predicted octanol–water partition coefficient (Wildman–Crippen LogP) is 9.22. The van der Waals surface area contributed by atoms with Gasteiger partial charge in [0.25, 0.3) is 8.32 Å². The zero-order valence-electron chi connectivity index (χ0n) is 34.0. The van der Waals surface area contributed by atoms with E-state index in [0.29, 0.717) is 34.7 Å². The van der Waals surface area contributed by atoms with Gasteiger partial charge in [-0.1, -0.05) is 143 Å². The molecule has 9 heteroatoms. The molecule has 0 unspecified atom stereocenters. The van der Waals surface area contributed by atoms with E-state index in [9.17, 15) is 4.79 Å². The Balaban J connectivity index is 1.29. The molecule has 0 aliphatic heterocycles. The number of nitrogens with zero attached hydrogens (tertiary/aromatic N) is 3. The first kappa shape index (κ1) is 40.0. The van der Waals surface area contributed by atoms with Crippen molar-refractivity contribution in [3.8, 4) is 0 Å². The van der Waals surface area contributed by atoms with E-state index in [1.165, 1.54) is 20.8 Å². The number of allylic oxidation sites excluding steroid dienone is 2. The van der Waals surface area contributed by atoms with Crippen LogP contribution in [-0.2, 0) is 9.22 Å². The number of thioether (sulfide) groups is 1. The molecular formula is C47H58N4O3SSi. The maximum atomic E-state index is 14.3. The summed E-state index contributed by atoms with van der Waals surface area (Å²) in [5.74, 6) is 2.12. The fourth-order valence-electron chi connectivity index (χ4n) is 9.87. The van der Waals surface area contributed by atoms with Gasteiger partial charge in [0, 0.05) is 22.4 Å². The first-order chi connectivity index (χ1) is 26.9. The third kappa shape index (κ3) is 8.00. The Morgan fingerprint density at radius 1 is 0.875 bits per heavy atom. The molecule has 5 aromatic rings. The van der Waals surface area contributed by atoms with Gasteiger partial charge in [-0.2, -0.15) is 0 Å². The van der Waals surface area contributed by atoms with Crippen LogP contribution in [0.25, 0.3) is 11.0 Å². The average molecular weight is 787 g/mol. The van der Waals surface area contributed by atoms with Crippen molar-refractivity contribution in [2.45, 2.75) is 83.8 Å². The summed E-state index contributed by atoms with van der Waals surface area (Å²) in [7, 11) is -2.89. The average Bonchev–Trinajstić information content (AvgIpc) is 3.59. The van der Waals surface area contributed by atoms with Gasteiger partial charge >= 0.3 is 5.97 Å². The minimum Gasteiger partial charge on any atom is -0.404 e. The molecular weight excluding hydrogens is 729 g/mol. The molecule has 7 rings (SSSR count). The van der Waals surface area contributed by atoms with Gasteiger partial charge in [0.1, 0.15) is 11.0 Å². The van der Waals surface area contributed by atoms with E-state index < -0.39 is 14.2 Å². The zero-order chi connectivity index (χ0) is 39.6. The van der Waals surface area contributed by atoms with E-state index in [1.54, 1.807) is 0 Å². The zero-order valence-corrected chi connectivity index (χ0v) is 35.8. The van der Waals surface area contributed by atoms with Crippen molar-refractivity contribution in [2.24, 2.45) is 41.4 Å². The van der Waals surface area contributed by atoms with Gasteiger partial charge in [-0.3, -0.25) is 0 Å². The third-order valence-electron chi connectivity index (χ3n) is 12.7. The lowest BCUT2D eigenvalue weighted by Gasteiger charge is -2.53. The molecule has 0 spiro atoms. The highest BCUT2D eigenvalue weighted by atomic mass is 32.2. The topological polar surface area (TPSA) is 92.3 Å². The maximum absolute atomic E-state index is 14.3. The lowest BCUT2D eigenvalue weighted by atomic mass is 9.56. The van der Waals surface area contributed by atoms with Gasteiger partial charge in [-0.15, -0.1) is 16.9 Å². The number of nitrogens with two attached hydrogens (primary N) is 1. The van der Waals surface area contributed by atoms with Crippen LogP contribution in [0, 0.1) is 41.4 Å². The third-order valence-corrected chi connectivity index (χ3v) is 19.0. The highest BCUT2D eigenvalue weighted by Gasteiger charge is 2.55. The number of fused-ring (bicyclic) bond motifs is 2. The van der Waals surface area contributed by atoms with Crippen LogP contribution in [0.1, 0.15) is 67.7 Å². The molecule has 1 heterocycles. The number of benzene rings is 4. The number of carbonyl (C=O) groups is 1. The molecule has 56 heavy (non-hydrogen) atoms. The summed E-state index contributed by atoms with van der Waals surface area (Å²) in [6.07, 6.45) is 5.18. The summed E-state index contributed by atoms with van der Waals surface area (Å²) < 4.78 is 7.97. The summed E-state index contributed by atoms with van der Waals surface area (Å²) in [6.45, 7) is 16.1. The van der Waals surface area contributed by atoms with E-state index in [2.05, 4.69) is 138 Å². The van der Waals surface area contributed by atoms with Gasteiger partial charge in [-0.05, 0) is 107 Å². The summed E-state index contributed by atoms with van der Waals surface area (Å²) in [5, 5.41) is 10.8. The van der Waals surface area contributed by atoms with Crippen molar-refractivity contribution in [3.05, 3.63) is 121 Å². The van der Waals surface area contributed by atoms with Crippen LogP contribution in [0.4, 0.5) is 5.69 Å². The van der Waals surface area contributed by atoms with Crippen LogP contribution in [0.5, 0.6) is 0 Å². The molecule has 0 saturated heterocycles. The second kappa shape index (κ2) is 16.7. The van der Waals surface area contributed by atoms with Gasteiger partial charge in [0.05, 0.1) is 5.92 Å². The summed E-state index contributed by atoms with van der Waals surface area (Å²) in [4.78, 5) is 22.8. The van der Waals surface area contributed by atoms with Crippen molar-refractivity contribution in [2.75, 3.05) is 11.5 Å². The van der Waals surface area contributed by atoms with Gasteiger partial charge in [0.15, 0.2) is 0 Å². The summed E-state index contributed by atoms with van der Waals surface area (Å²) in [5.41, 5.74) is 10.1. The van der Waals surface area contributed by atoms with Gasteiger partial charge in [0.2, 0.25) is 0 Å². The van der Waals surface area contributed by atoms with Crippen LogP contribution in [-0.4, -0.2) is 41.3 Å². The number of nitrogen functional groups attached to an aromatic ring is 1. The number of hydrogen-bond acceptors (Lipinski definition) is 7. The lowest BCUT2D eigenvalue weighted by molar-refractivity contribution is -0.154. The SMILES string of the molecule is CC1=C[C@@H]2[C@H]([C@H](C)C(=O)On3nnc4ccccc43)C[C@@H](O[Si](c3ccccc3)(c3ccccc3)C(C)(C)C)C[C@@H]2[C@H]([C@H](CSc2ccccc2N)C(C)C)C1. The largest absolute Gasteiger partial charge is 0.404 e. The van der Waals surface area contributed by atoms with Crippen LogP contribution in [0.2, 0.25) is 5.04 Å². The van der Waals surface area contributed by atoms with Crippen molar-refractivity contribution in [1.82, 2.24) is 15.2 Å². The Morgan fingerprint density at radius 2 is 1.50 bits per heavy atom. The second-order valence-corrected chi connectivity index (χ2v) is 22.9. The quantitative estimate of drug-likeness (QED) is 0.0444. The number of rotatable bonds is 12. The highest BCUT2D eigenvalue weighted by Crippen LogP contribution is 2.53. The van der Waals surface area contributed by atoms with Crippen molar-refractivity contribution >= 4 is 53.1 Å². The maximum Gasteiger partial charge on any atom is 0.338 e. The molecule has 2 N–H and O–H groups in total. The van der Waals surface area contributed by atoms with E-state index in [0.717, 1.165) is 35.6 Å². The van der Waals surface area contributed by atoms with Gasteiger partial charge < -0.3 is 15.0 Å². The Labute approximate surface area is 338 Å². The van der Waals surface area contributed by atoms with E-state index in [4.69, 9.17) is 15.0 Å². The van der Waals surface area contributed by atoms with E-state index >= 15 is 0 Å². The molecule has 0 bridgehead atoms. The Kier molecular flexibility index (Phi) is 12.0. The Bertz CT molecular complexity index is 2090. The standard InChI is InChI=1S/C47H58N4O3SSi/c1-31(2)41(30-55-45-25-17-14-22-42(45)48)39-27-32(3)26-38-37(33(4)46(52)53-51-44-24-16-15-23-43(44)49-50-51)28-34(29-40(38)39)54-56(47(5,6)7,35-18-10-8-11-19-35)36-20-12-9-13-21-36/h8-26,31,33-34,37-41H,27-30,48H2,1-7H3/t33-,34+,37-,38+,39+,40-,41+/m0/s1. The molecule has 7 atom stereocenters. The van der Waals surface area contributed by atoms with Crippen LogP contribution in [0.15, 0.2) is 126 Å². The van der Waals surface area contributed by atoms with Crippen molar-refractivity contribution < 1.29 is 14.1 Å². The monoisotopic (exact) mass is 786 g/mol. The normalized spacial score (nSPS) is 22.6. The van der Waals surface area contributed by atoms with Crippen molar-refractivity contribution in [1.29, 1.82) is 0 Å². The molecule has 0 radical (unpaired) electrons. The number of carbonyl (C=O) groups excluding carboxylic acids is 1. The fraction of sp³-hybridized carbons (Fsp3) is 0.426. The number of para-hydroxylation sites is 2. The smallest absolute Gasteiger partial charge is 0.338 e. The molecule has 2 aliphatic rings. The van der Waals surface area contributed by atoms with Gasteiger partial charge in [-0.25, -0.2) is 4.79 Å². The van der Waals surface area contributed by atoms with E-state index in [-0.39, 0.29) is 28.9 Å². The highest BCUT2D eigenvalue weighted by molar-refractivity contribution is 7.99. The van der Waals surface area contributed by atoms with Crippen LogP contribution >= 0.6 is 11.8 Å². The first-order valence-electron chi connectivity index (χ1n) is 20.3. The minimum atomic E-state index is -2.89. The molecule has 294 valence electrons. The molecule has 7 nitrogen and oxygen atoms in total. The predicted molar refractivity (Wildman–Crippen MR) is 232 cm³/mol. The lowest BCUT2D eigenvalue weighted by Crippen LogP contribution is -2.68. The minimum absolute atomic E-state index is 0.00207. The van der Waals surface area contributed by atoms with Crippen molar-refractivity contribution in [3.63, 3.8) is 0 Å². The molecule has 1 fully saturated rings.